The highest BCUT2D eigenvalue weighted by Crippen LogP contribution is 2.32. The molecule has 0 saturated carbocycles. The van der Waals surface area contributed by atoms with E-state index >= 15 is 0 Å². The Morgan fingerprint density at radius 2 is 2.11 bits per heavy atom. The van der Waals surface area contributed by atoms with Gasteiger partial charge >= 0.3 is 0 Å². The number of likely N-dealkylation sites (N-methyl/N-ethyl adjacent to an activating group) is 1. The van der Waals surface area contributed by atoms with Crippen LogP contribution in [0.1, 0.15) is 18.9 Å². The first-order valence-electron chi connectivity index (χ1n) is 6.96. The summed E-state index contributed by atoms with van der Waals surface area (Å²) in [6, 6.07) is 7.61. The molecule has 0 aromatic heterocycles. The predicted molar refractivity (Wildman–Crippen MR) is 85.8 cm³/mol. The number of halogens is 1. The van der Waals surface area contributed by atoms with Crippen molar-refractivity contribution in [1.82, 2.24) is 4.90 Å². The number of piperazine rings is 1. The van der Waals surface area contributed by atoms with Crippen LogP contribution in [0.15, 0.2) is 22.7 Å². The van der Waals surface area contributed by atoms with E-state index in [1.807, 2.05) is 0 Å². The lowest BCUT2D eigenvalue weighted by atomic mass is 10.0. The second kappa shape index (κ2) is 6.25. The lowest BCUT2D eigenvalue weighted by Crippen LogP contribution is -2.57. The van der Waals surface area contributed by atoms with Crippen molar-refractivity contribution in [3.63, 3.8) is 0 Å². The highest BCUT2D eigenvalue weighted by atomic mass is 79.9. The summed E-state index contributed by atoms with van der Waals surface area (Å²) < 4.78 is 1.19. The maximum Gasteiger partial charge on any atom is 0.0516 e. The molecular formula is C15H24BrN3. The minimum atomic E-state index is 0.498. The van der Waals surface area contributed by atoms with E-state index < -0.39 is 0 Å². The monoisotopic (exact) mass is 325 g/mol. The third-order valence-corrected chi connectivity index (χ3v) is 4.48. The minimum Gasteiger partial charge on any atom is -0.362 e. The molecule has 1 heterocycles. The molecule has 4 heteroatoms. The molecule has 1 saturated heterocycles. The van der Waals surface area contributed by atoms with Gasteiger partial charge in [0.15, 0.2) is 0 Å². The second-order valence-corrected chi connectivity index (χ2v) is 6.52. The Hall–Kier alpha value is -0.580. The van der Waals surface area contributed by atoms with Gasteiger partial charge in [-0.3, -0.25) is 0 Å². The number of rotatable bonds is 3. The van der Waals surface area contributed by atoms with Gasteiger partial charge in [-0.1, -0.05) is 6.07 Å². The summed E-state index contributed by atoms with van der Waals surface area (Å²) in [5.74, 6) is 0. The van der Waals surface area contributed by atoms with Crippen LogP contribution in [0, 0.1) is 6.92 Å². The molecule has 0 radical (unpaired) electrons. The summed E-state index contributed by atoms with van der Waals surface area (Å²) in [5, 5.41) is 0. The van der Waals surface area contributed by atoms with Crippen LogP contribution >= 0.6 is 15.9 Å². The Kier molecular flexibility index (Phi) is 4.87. The summed E-state index contributed by atoms with van der Waals surface area (Å²) in [6.45, 7) is 7.35. The Bertz CT molecular complexity index is 435. The van der Waals surface area contributed by atoms with Gasteiger partial charge in [0.25, 0.3) is 0 Å². The average Bonchev–Trinajstić information content (AvgIpc) is 2.31. The highest BCUT2D eigenvalue weighted by Gasteiger charge is 2.31. The zero-order valence-electron chi connectivity index (χ0n) is 12.1. The molecule has 2 unspecified atom stereocenters. The first kappa shape index (κ1) is 14.8. The Labute approximate surface area is 124 Å². The lowest BCUT2D eigenvalue weighted by Gasteiger charge is -2.46. The maximum absolute atomic E-state index is 5.80. The third-order valence-electron chi connectivity index (χ3n) is 3.85. The molecule has 2 atom stereocenters. The van der Waals surface area contributed by atoms with Crippen LogP contribution in [0.2, 0.25) is 0 Å². The van der Waals surface area contributed by atoms with E-state index in [9.17, 15) is 0 Å². The predicted octanol–water partition coefficient (Wildman–Crippen LogP) is 2.62. The molecule has 2 rings (SSSR count). The quantitative estimate of drug-likeness (QED) is 0.927. The van der Waals surface area contributed by atoms with Gasteiger partial charge < -0.3 is 15.5 Å². The van der Waals surface area contributed by atoms with Gasteiger partial charge in [-0.25, -0.2) is 0 Å². The van der Waals surface area contributed by atoms with Crippen LogP contribution in [-0.2, 0) is 0 Å². The average molecular weight is 326 g/mol. The van der Waals surface area contributed by atoms with Gasteiger partial charge in [0.05, 0.1) is 5.69 Å². The first-order valence-corrected chi connectivity index (χ1v) is 7.75. The van der Waals surface area contributed by atoms with Crippen LogP contribution < -0.4 is 10.6 Å². The minimum absolute atomic E-state index is 0.498. The summed E-state index contributed by atoms with van der Waals surface area (Å²) in [7, 11) is 2.20. The molecule has 0 amide bonds. The Balaban J connectivity index is 2.32. The summed E-state index contributed by atoms with van der Waals surface area (Å²) in [4.78, 5) is 4.94. The van der Waals surface area contributed by atoms with E-state index in [1.165, 1.54) is 15.7 Å². The standard InChI is InChI=1S/C15H24BrN3/c1-11-4-5-15(14(16)8-11)19-12(2)9-18(3)10-13(19)6-7-17/h4-5,8,12-13H,6-7,9-10,17H2,1-3H3. The molecule has 0 bridgehead atoms. The molecule has 0 spiro atoms. The first-order chi connectivity index (χ1) is 9.02. The number of anilines is 1. The van der Waals surface area contributed by atoms with Crippen molar-refractivity contribution in [2.45, 2.75) is 32.4 Å². The zero-order chi connectivity index (χ0) is 14.0. The van der Waals surface area contributed by atoms with E-state index in [0.29, 0.717) is 12.1 Å². The molecule has 3 nitrogen and oxygen atoms in total. The molecule has 1 aliphatic heterocycles. The molecule has 1 aromatic rings. The highest BCUT2D eigenvalue weighted by molar-refractivity contribution is 9.10. The van der Waals surface area contributed by atoms with Gasteiger partial charge in [-0.2, -0.15) is 0 Å². The third kappa shape index (κ3) is 3.30. The van der Waals surface area contributed by atoms with E-state index in [-0.39, 0.29) is 0 Å². The molecule has 1 fully saturated rings. The van der Waals surface area contributed by atoms with E-state index in [1.54, 1.807) is 0 Å². The van der Waals surface area contributed by atoms with Crippen LogP contribution in [-0.4, -0.2) is 43.7 Å². The van der Waals surface area contributed by atoms with Gasteiger partial charge in [0, 0.05) is 29.6 Å². The summed E-state index contributed by atoms with van der Waals surface area (Å²) in [5.41, 5.74) is 8.38. The van der Waals surface area contributed by atoms with E-state index in [0.717, 1.165) is 26.1 Å². The Morgan fingerprint density at radius 3 is 2.74 bits per heavy atom. The molecule has 1 aromatic carbocycles. The topological polar surface area (TPSA) is 32.5 Å². The molecular weight excluding hydrogens is 302 g/mol. The number of nitrogens with two attached hydrogens (primary N) is 1. The van der Waals surface area contributed by atoms with Crippen LogP contribution in [0.5, 0.6) is 0 Å². The zero-order valence-corrected chi connectivity index (χ0v) is 13.7. The fraction of sp³-hybridized carbons (Fsp3) is 0.600. The number of hydrogen-bond acceptors (Lipinski definition) is 3. The number of nitrogens with zero attached hydrogens (tertiary/aromatic N) is 2. The van der Waals surface area contributed by atoms with Gasteiger partial charge in [0.1, 0.15) is 0 Å². The van der Waals surface area contributed by atoms with Crippen molar-refractivity contribution >= 4 is 21.6 Å². The summed E-state index contributed by atoms with van der Waals surface area (Å²) in [6.07, 6.45) is 1.04. The van der Waals surface area contributed by atoms with Gasteiger partial charge in [0.2, 0.25) is 0 Å². The largest absolute Gasteiger partial charge is 0.362 e. The number of aryl methyl sites for hydroxylation is 1. The number of benzene rings is 1. The smallest absolute Gasteiger partial charge is 0.0516 e. The van der Waals surface area contributed by atoms with Crippen molar-refractivity contribution < 1.29 is 0 Å². The van der Waals surface area contributed by atoms with Crippen molar-refractivity contribution in [1.29, 1.82) is 0 Å². The molecule has 106 valence electrons. The fourth-order valence-electron chi connectivity index (χ4n) is 3.10. The van der Waals surface area contributed by atoms with Crippen LogP contribution in [0.4, 0.5) is 5.69 Å². The maximum atomic E-state index is 5.80. The van der Waals surface area contributed by atoms with E-state index in [4.69, 9.17) is 5.73 Å². The number of hydrogen-bond donors (Lipinski definition) is 1. The molecule has 2 N–H and O–H groups in total. The lowest BCUT2D eigenvalue weighted by molar-refractivity contribution is 0.227. The van der Waals surface area contributed by atoms with Crippen molar-refractivity contribution in [2.24, 2.45) is 5.73 Å². The van der Waals surface area contributed by atoms with Gasteiger partial charge in [-0.15, -0.1) is 0 Å². The molecule has 1 aliphatic rings. The Morgan fingerprint density at radius 1 is 1.37 bits per heavy atom. The SMILES string of the molecule is Cc1ccc(N2C(C)CN(C)CC2CCN)c(Br)c1. The fourth-order valence-corrected chi connectivity index (χ4v) is 3.80. The van der Waals surface area contributed by atoms with Gasteiger partial charge in [-0.05, 0) is 67.5 Å². The van der Waals surface area contributed by atoms with Crippen molar-refractivity contribution in [3.05, 3.63) is 28.2 Å². The van der Waals surface area contributed by atoms with Crippen molar-refractivity contribution in [3.8, 4) is 0 Å². The molecule has 19 heavy (non-hydrogen) atoms. The normalized spacial score (nSPS) is 24.8. The summed E-state index contributed by atoms with van der Waals surface area (Å²) >= 11 is 3.72. The molecule has 0 aliphatic carbocycles. The van der Waals surface area contributed by atoms with Crippen LogP contribution in [0.25, 0.3) is 0 Å². The van der Waals surface area contributed by atoms with E-state index in [2.05, 4.69) is 64.8 Å². The second-order valence-electron chi connectivity index (χ2n) is 5.66. The van der Waals surface area contributed by atoms with Crippen LogP contribution in [0.3, 0.4) is 0 Å². The van der Waals surface area contributed by atoms with Crippen molar-refractivity contribution in [2.75, 3.05) is 31.6 Å².